The van der Waals surface area contributed by atoms with Gasteiger partial charge in [-0.05, 0) is 19.1 Å². The molecule has 0 bridgehead atoms. The lowest BCUT2D eigenvalue weighted by atomic mass is 10.2. The monoisotopic (exact) mass is 265 g/mol. The second-order valence-corrected chi connectivity index (χ2v) is 4.23. The Balaban J connectivity index is 2.09. The molecule has 0 saturated heterocycles. The van der Waals surface area contributed by atoms with Crippen molar-refractivity contribution in [3.05, 3.63) is 41.2 Å². The van der Waals surface area contributed by atoms with E-state index in [0.717, 1.165) is 5.76 Å². The number of hydrogen-bond donors (Lipinski definition) is 1. The molecule has 94 valence electrons. The molecule has 0 radical (unpaired) electrons. The molecule has 1 unspecified atom stereocenters. The summed E-state index contributed by atoms with van der Waals surface area (Å²) >= 11 is 5.81. The van der Waals surface area contributed by atoms with E-state index in [4.69, 9.17) is 16.0 Å². The third-order valence-corrected chi connectivity index (χ3v) is 2.72. The van der Waals surface area contributed by atoms with Gasteiger partial charge in [0.15, 0.2) is 6.29 Å². The quantitative estimate of drug-likeness (QED) is 0.665. The molecule has 0 aromatic carbocycles. The maximum Gasteiger partial charge on any atom is 0.156 e. The normalized spacial score (nSPS) is 12.1. The Morgan fingerprint density at radius 3 is 3.06 bits per heavy atom. The molecule has 2 heterocycles. The molecule has 0 amide bonds. The number of furan rings is 1. The third kappa shape index (κ3) is 2.87. The van der Waals surface area contributed by atoms with Crippen LogP contribution in [0.3, 0.4) is 0 Å². The number of nitrogens with one attached hydrogen (secondary N) is 1. The predicted molar refractivity (Wildman–Crippen MR) is 67.9 cm³/mol. The van der Waals surface area contributed by atoms with E-state index < -0.39 is 0 Å². The lowest BCUT2D eigenvalue weighted by Gasteiger charge is -2.14. The van der Waals surface area contributed by atoms with Gasteiger partial charge in [-0.25, -0.2) is 9.97 Å². The molecule has 6 heteroatoms. The molecule has 1 N–H and O–H groups in total. The highest BCUT2D eigenvalue weighted by Crippen LogP contribution is 2.18. The van der Waals surface area contributed by atoms with Crippen molar-refractivity contribution in [2.24, 2.45) is 0 Å². The molecular weight excluding hydrogens is 254 g/mol. The van der Waals surface area contributed by atoms with E-state index in [2.05, 4.69) is 15.3 Å². The summed E-state index contributed by atoms with van der Waals surface area (Å²) in [6, 6.07) is 3.78. The summed E-state index contributed by atoms with van der Waals surface area (Å²) in [4.78, 5) is 18.7. The number of aromatic nitrogens is 2. The predicted octanol–water partition coefficient (Wildman–Crippen LogP) is 2.58. The topological polar surface area (TPSA) is 68.0 Å². The Kier molecular flexibility index (Phi) is 3.94. The van der Waals surface area contributed by atoms with E-state index in [1.807, 2.05) is 19.1 Å². The van der Waals surface area contributed by atoms with Gasteiger partial charge in [0.05, 0.1) is 11.8 Å². The number of rotatable bonds is 5. The first-order valence-corrected chi connectivity index (χ1v) is 5.83. The molecule has 0 aliphatic heterocycles. The van der Waals surface area contributed by atoms with Crippen LogP contribution in [0.5, 0.6) is 0 Å². The summed E-state index contributed by atoms with van der Waals surface area (Å²) in [5.74, 6) is 1.30. The average molecular weight is 266 g/mol. The fourth-order valence-corrected chi connectivity index (χ4v) is 1.79. The minimum atomic E-state index is 0.0563. The van der Waals surface area contributed by atoms with Crippen LogP contribution in [0.2, 0.25) is 5.15 Å². The smallest absolute Gasteiger partial charge is 0.156 e. The Hall–Kier alpha value is -1.88. The Morgan fingerprint density at radius 2 is 2.39 bits per heavy atom. The molecule has 2 rings (SSSR count). The van der Waals surface area contributed by atoms with Gasteiger partial charge in [0.1, 0.15) is 23.1 Å². The van der Waals surface area contributed by atoms with Crippen LogP contribution in [0.15, 0.2) is 29.1 Å². The van der Waals surface area contributed by atoms with Crippen LogP contribution in [0.25, 0.3) is 0 Å². The number of nitrogens with zero attached hydrogens (tertiary/aromatic N) is 2. The number of carbonyl (C=O) groups is 1. The van der Waals surface area contributed by atoms with E-state index in [0.29, 0.717) is 18.5 Å². The van der Waals surface area contributed by atoms with Crippen LogP contribution in [-0.4, -0.2) is 22.3 Å². The van der Waals surface area contributed by atoms with Gasteiger partial charge in [0.25, 0.3) is 0 Å². The van der Waals surface area contributed by atoms with Gasteiger partial charge in [0, 0.05) is 12.5 Å². The van der Waals surface area contributed by atoms with Crippen molar-refractivity contribution in [3.63, 3.8) is 0 Å². The second-order valence-electron chi connectivity index (χ2n) is 3.87. The van der Waals surface area contributed by atoms with E-state index in [-0.39, 0.29) is 16.8 Å². The molecule has 0 spiro atoms. The number of aldehydes is 1. The van der Waals surface area contributed by atoms with E-state index in [1.54, 1.807) is 6.26 Å². The van der Waals surface area contributed by atoms with Gasteiger partial charge in [-0.1, -0.05) is 11.6 Å². The molecular formula is C12H12ClN3O2. The van der Waals surface area contributed by atoms with Gasteiger partial charge in [-0.15, -0.1) is 0 Å². The fourth-order valence-electron chi connectivity index (χ4n) is 1.61. The number of anilines is 1. The van der Waals surface area contributed by atoms with Crippen molar-refractivity contribution in [1.82, 2.24) is 9.97 Å². The molecule has 0 aliphatic rings. The van der Waals surface area contributed by atoms with Crippen molar-refractivity contribution in [2.45, 2.75) is 19.4 Å². The van der Waals surface area contributed by atoms with Crippen LogP contribution in [0.4, 0.5) is 5.82 Å². The zero-order valence-corrected chi connectivity index (χ0v) is 10.5. The van der Waals surface area contributed by atoms with Crippen LogP contribution in [0, 0.1) is 0 Å². The molecule has 18 heavy (non-hydrogen) atoms. The van der Waals surface area contributed by atoms with Gasteiger partial charge < -0.3 is 9.73 Å². The summed E-state index contributed by atoms with van der Waals surface area (Å²) in [6.45, 7) is 1.97. The first-order chi connectivity index (χ1) is 8.70. The Bertz CT molecular complexity index is 528. The lowest BCUT2D eigenvalue weighted by molar-refractivity contribution is 0.112. The first-order valence-electron chi connectivity index (χ1n) is 5.45. The van der Waals surface area contributed by atoms with Gasteiger partial charge in [-0.3, -0.25) is 4.79 Å². The zero-order valence-electron chi connectivity index (χ0n) is 9.76. The molecule has 5 nitrogen and oxygen atoms in total. The fraction of sp³-hybridized carbons (Fsp3) is 0.250. The first kappa shape index (κ1) is 12.6. The van der Waals surface area contributed by atoms with Gasteiger partial charge in [0.2, 0.25) is 0 Å². The largest absolute Gasteiger partial charge is 0.469 e. The SMILES string of the molecule is CC(Cc1ccco1)Nc1ncnc(Cl)c1C=O. The van der Waals surface area contributed by atoms with Crippen LogP contribution < -0.4 is 5.32 Å². The summed E-state index contributed by atoms with van der Waals surface area (Å²) in [5.41, 5.74) is 0.269. The van der Waals surface area contributed by atoms with Crippen molar-refractivity contribution in [2.75, 3.05) is 5.32 Å². The molecule has 1 atom stereocenters. The average Bonchev–Trinajstić information content (AvgIpc) is 2.82. The highest BCUT2D eigenvalue weighted by Gasteiger charge is 2.12. The van der Waals surface area contributed by atoms with Crippen molar-refractivity contribution < 1.29 is 9.21 Å². The summed E-state index contributed by atoms with van der Waals surface area (Å²) in [6.07, 6.45) is 4.27. The van der Waals surface area contributed by atoms with Crippen LogP contribution >= 0.6 is 11.6 Å². The van der Waals surface area contributed by atoms with E-state index in [1.165, 1.54) is 6.33 Å². The standard InChI is InChI=1S/C12H12ClN3O2/c1-8(5-9-3-2-4-18-9)16-12-10(6-17)11(13)14-7-15-12/h2-4,6-8H,5H2,1H3,(H,14,15,16). The molecule has 0 saturated carbocycles. The molecule has 0 aliphatic carbocycles. The highest BCUT2D eigenvalue weighted by molar-refractivity contribution is 6.32. The minimum absolute atomic E-state index is 0.0563. The van der Waals surface area contributed by atoms with Crippen molar-refractivity contribution in [1.29, 1.82) is 0 Å². The van der Waals surface area contributed by atoms with Crippen molar-refractivity contribution in [3.8, 4) is 0 Å². The van der Waals surface area contributed by atoms with Crippen molar-refractivity contribution >= 4 is 23.7 Å². The Labute approximate surface area is 109 Å². The van der Waals surface area contributed by atoms with Crippen LogP contribution in [-0.2, 0) is 6.42 Å². The minimum Gasteiger partial charge on any atom is -0.469 e. The van der Waals surface area contributed by atoms with E-state index in [9.17, 15) is 4.79 Å². The number of carbonyl (C=O) groups excluding carboxylic acids is 1. The molecule has 2 aromatic rings. The summed E-state index contributed by atoms with van der Waals surface area (Å²) in [5, 5.41) is 3.26. The number of halogens is 1. The van der Waals surface area contributed by atoms with Crippen LogP contribution in [0.1, 0.15) is 23.0 Å². The lowest BCUT2D eigenvalue weighted by Crippen LogP contribution is -2.20. The highest BCUT2D eigenvalue weighted by atomic mass is 35.5. The maximum atomic E-state index is 10.9. The second kappa shape index (κ2) is 5.64. The van der Waals surface area contributed by atoms with Gasteiger partial charge >= 0.3 is 0 Å². The number of hydrogen-bond acceptors (Lipinski definition) is 5. The van der Waals surface area contributed by atoms with Gasteiger partial charge in [-0.2, -0.15) is 0 Å². The zero-order chi connectivity index (χ0) is 13.0. The third-order valence-electron chi connectivity index (χ3n) is 2.42. The van der Waals surface area contributed by atoms with E-state index >= 15 is 0 Å². The molecule has 2 aromatic heterocycles. The Morgan fingerprint density at radius 1 is 1.56 bits per heavy atom. The summed E-state index contributed by atoms with van der Waals surface area (Å²) < 4.78 is 5.25. The summed E-state index contributed by atoms with van der Waals surface area (Å²) in [7, 11) is 0. The maximum absolute atomic E-state index is 10.9. The molecule has 0 fully saturated rings.